The molecule has 3 aromatic rings. The smallest absolute Gasteiger partial charge is 0.248 e. The number of amides is 1. The molecule has 3 rings (SSSR count). The first-order valence-corrected chi connectivity index (χ1v) is 8.10. The van der Waals surface area contributed by atoms with Crippen LogP contribution in [0.25, 0.3) is 22.2 Å². The molecule has 0 bridgehead atoms. The van der Waals surface area contributed by atoms with Gasteiger partial charge in [-0.2, -0.15) is 0 Å². The van der Waals surface area contributed by atoms with Crippen molar-refractivity contribution >= 4 is 16.8 Å². The molecule has 0 saturated heterocycles. The second-order valence-corrected chi connectivity index (χ2v) is 6.23. The van der Waals surface area contributed by atoms with Gasteiger partial charge in [-0.25, -0.2) is 0 Å². The van der Waals surface area contributed by atoms with Crippen molar-refractivity contribution in [1.29, 1.82) is 0 Å². The zero-order chi connectivity index (χ0) is 17.3. The number of rotatable bonds is 4. The molecule has 0 aliphatic rings. The van der Waals surface area contributed by atoms with Gasteiger partial charge < -0.3 is 15.4 Å². The van der Waals surface area contributed by atoms with E-state index in [1.807, 2.05) is 25.1 Å². The lowest BCUT2D eigenvalue weighted by molar-refractivity contribution is -0.128. The Balaban J connectivity index is 2.06. The largest absolute Gasteiger partial charge is 0.384 e. The zero-order valence-corrected chi connectivity index (χ0v) is 14.2. The Labute approximate surface area is 141 Å². The number of aliphatic hydroxyl groups is 1. The van der Waals surface area contributed by atoms with Crippen molar-refractivity contribution in [3.8, 4) is 11.3 Å². The average Bonchev–Trinajstić information content (AvgIpc) is 2.90. The molecule has 3 N–H and O–H groups in total. The van der Waals surface area contributed by atoms with Gasteiger partial charge in [-0.1, -0.05) is 42.0 Å². The van der Waals surface area contributed by atoms with E-state index in [0.29, 0.717) is 6.54 Å². The molecule has 1 amide bonds. The molecule has 1 aromatic heterocycles. The second-order valence-electron chi connectivity index (χ2n) is 6.23. The van der Waals surface area contributed by atoms with E-state index in [0.717, 1.165) is 33.3 Å². The first-order valence-electron chi connectivity index (χ1n) is 8.10. The van der Waals surface area contributed by atoms with Gasteiger partial charge in [0.1, 0.15) is 6.10 Å². The lowest BCUT2D eigenvalue weighted by atomic mass is 10.0. The van der Waals surface area contributed by atoms with E-state index in [1.54, 1.807) is 0 Å². The van der Waals surface area contributed by atoms with Gasteiger partial charge in [0.15, 0.2) is 0 Å². The topological polar surface area (TPSA) is 65.1 Å². The van der Waals surface area contributed by atoms with Gasteiger partial charge in [0.25, 0.3) is 0 Å². The number of hydrogen-bond acceptors (Lipinski definition) is 2. The summed E-state index contributed by atoms with van der Waals surface area (Å²) >= 11 is 0. The first-order chi connectivity index (χ1) is 11.5. The van der Waals surface area contributed by atoms with Gasteiger partial charge in [-0.05, 0) is 43.5 Å². The summed E-state index contributed by atoms with van der Waals surface area (Å²) in [5.74, 6) is -0.365. The normalized spacial score (nSPS) is 12.3. The fourth-order valence-corrected chi connectivity index (χ4v) is 3.02. The fraction of sp³-hybridized carbons (Fsp3) is 0.250. The van der Waals surface area contributed by atoms with Crippen molar-refractivity contribution in [2.24, 2.45) is 0 Å². The van der Waals surface area contributed by atoms with Gasteiger partial charge in [-0.15, -0.1) is 0 Å². The molecule has 24 heavy (non-hydrogen) atoms. The number of benzene rings is 2. The molecule has 0 unspecified atom stereocenters. The SMILES string of the molecule is Cc1cc(CNC(=O)[C@H](C)O)c2[nH]c(-c3ccccc3)c(C)c2c1. The Morgan fingerprint density at radius 3 is 2.58 bits per heavy atom. The standard InChI is InChI=1S/C20H22N2O2/c1-12-9-16(11-21-20(24)14(3)23)19-17(10-12)13(2)18(22-19)15-7-5-4-6-8-15/h4-10,14,22-23H,11H2,1-3H3,(H,21,24)/t14-/m0/s1. The van der Waals surface area contributed by atoms with Crippen molar-refractivity contribution < 1.29 is 9.90 Å². The maximum atomic E-state index is 11.7. The maximum absolute atomic E-state index is 11.7. The number of aliphatic hydroxyl groups excluding tert-OH is 1. The van der Waals surface area contributed by atoms with E-state index >= 15 is 0 Å². The molecular weight excluding hydrogens is 300 g/mol. The molecule has 4 nitrogen and oxygen atoms in total. The third kappa shape index (κ3) is 3.05. The van der Waals surface area contributed by atoms with Crippen LogP contribution in [-0.4, -0.2) is 22.1 Å². The van der Waals surface area contributed by atoms with Crippen LogP contribution in [0.5, 0.6) is 0 Å². The van der Waals surface area contributed by atoms with Crippen LogP contribution in [0, 0.1) is 13.8 Å². The molecule has 0 spiro atoms. The number of aromatic amines is 1. The van der Waals surface area contributed by atoms with E-state index in [-0.39, 0.29) is 5.91 Å². The number of aryl methyl sites for hydroxylation is 2. The van der Waals surface area contributed by atoms with Crippen LogP contribution >= 0.6 is 0 Å². The summed E-state index contributed by atoms with van der Waals surface area (Å²) in [6.07, 6.45) is -1.00. The minimum atomic E-state index is -1.00. The molecule has 0 aliphatic heterocycles. The van der Waals surface area contributed by atoms with Crippen molar-refractivity contribution in [2.75, 3.05) is 0 Å². The Morgan fingerprint density at radius 1 is 1.21 bits per heavy atom. The highest BCUT2D eigenvalue weighted by atomic mass is 16.3. The van der Waals surface area contributed by atoms with Gasteiger partial charge in [0, 0.05) is 17.6 Å². The maximum Gasteiger partial charge on any atom is 0.248 e. The van der Waals surface area contributed by atoms with E-state index in [4.69, 9.17) is 0 Å². The number of fused-ring (bicyclic) bond motifs is 1. The Bertz CT molecular complexity index is 880. The highest BCUT2D eigenvalue weighted by molar-refractivity contribution is 5.93. The quantitative estimate of drug-likeness (QED) is 0.689. The third-order valence-corrected chi connectivity index (χ3v) is 4.29. The summed E-state index contributed by atoms with van der Waals surface area (Å²) in [7, 11) is 0. The van der Waals surface area contributed by atoms with Crippen molar-refractivity contribution in [3.63, 3.8) is 0 Å². The summed E-state index contributed by atoms with van der Waals surface area (Å²) < 4.78 is 0. The Morgan fingerprint density at radius 2 is 1.92 bits per heavy atom. The zero-order valence-electron chi connectivity index (χ0n) is 14.2. The second kappa shape index (κ2) is 6.49. The molecule has 0 aliphatic carbocycles. The molecule has 1 heterocycles. The highest BCUT2D eigenvalue weighted by Gasteiger charge is 2.14. The number of carbonyl (C=O) groups excluding carboxylic acids is 1. The molecule has 0 fully saturated rings. The molecular formula is C20H22N2O2. The lowest BCUT2D eigenvalue weighted by Gasteiger charge is -2.09. The van der Waals surface area contributed by atoms with E-state index in [9.17, 15) is 9.90 Å². The molecule has 124 valence electrons. The van der Waals surface area contributed by atoms with Crippen LogP contribution in [0.4, 0.5) is 0 Å². The van der Waals surface area contributed by atoms with E-state index in [1.165, 1.54) is 12.5 Å². The van der Waals surface area contributed by atoms with Crippen LogP contribution in [0.15, 0.2) is 42.5 Å². The molecule has 2 aromatic carbocycles. The molecule has 0 saturated carbocycles. The first kappa shape index (κ1) is 16.3. The predicted octanol–water partition coefficient (Wildman–Crippen LogP) is 3.45. The average molecular weight is 322 g/mol. The van der Waals surface area contributed by atoms with Crippen LogP contribution in [0.1, 0.15) is 23.6 Å². The van der Waals surface area contributed by atoms with Crippen LogP contribution in [-0.2, 0) is 11.3 Å². The lowest BCUT2D eigenvalue weighted by Crippen LogP contribution is -2.32. The summed E-state index contributed by atoms with van der Waals surface area (Å²) in [6, 6.07) is 14.4. The van der Waals surface area contributed by atoms with Crippen molar-refractivity contribution in [2.45, 2.75) is 33.4 Å². The van der Waals surface area contributed by atoms with E-state index < -0.39 is 6.10 Å². The number of hydrogen-bond donors (Lipinski definition) is 3. The molecule has 0 radical (unpaired) electrons. The number of nitrogens with one attached hydrogen (secondary N) is 2. The molecule has 1 atom stereocenters. The van der Waals surface area contributed by atoms with Crippen LogP contribution in [0.3, 0.4) is 0 Å². The summed E-state index contributed by atoms with van der Waals surface area (Å²) in [5.41, 5.74) is 6.63. The fourth-order valence-electron chi connectivity index (χ4n) is 3.02. The predicted molar refractivity (Wildman–Crippen MR) is 96.7 cm³/mol. The number of carbonyl (C=O) groups is 1. The monoisotopic (exact) mass is 322 g/mol. The van der Waals surface area contributed by atoms with Gasteiger partial charge >= 0.3 is 0 Å². The van der Waals surface area contributed by atoms with Gasteiger partial charge in [0.2, 0.25) is 5.91 Å². The minimum absolute atomic E-state index is 0.365. The summed E-state index contributed by atoms with van der Waals surface area (Å²) in [6.45, 7) is 6.01. The Kier molecular flexibility index (Phi) is 4.40. The molecule has 4 heteroatoms. The van der Waals surface area contributed by atoms with Crippen molar-refractivity contribution in [1.82, 2.24) is 10.3 Å². The summed E-state index contributed by atoms with van der Waals surface area (Å²) in [5, 5.41) is 13.3. The van der Waals surface area contributed by atoms with Gasteiger partial charge in [-0.3, -0.25) is 4.79 Å². The minimum Gasteiger partial charge on any atom is -0.384 e. The highest BCUT2D eigenvalue weighted by Crippen LogP contribution is 2.32. The van der Waals surface area contributed by atoms with Crippen molar-refractivity contribution in [3.05, 3.63) is 59.2 Å². The third-order valence-electron chi connectivity index (χ3n) is 4.29. The number of aromatic nitrogens is 1. The van der Waals surface area contributed by atoms with Crippen LogP contribution < -0.4 is 5.32 Å². The summed E-state index contributed by atoms with van der Waals surface area (Å²) in [4.78, 5) is 15.2. The number of H-pyrrole nitrogens is 1. The van der Waals surface area contributed by atoms with Gasteiger partial charge in [0.05, 0.1) is 5.52 Å². The van der Waals surface area contributed by atoms with E-state index in [2.05, 4.69) is 41.5 Å². The Hall–Kier alpha value is -2.59. The van der Waals surface area contributed by atoms with Crippen LogP contribution in [0.2, 0.25) is 0 Å².